The Morgan fingerprint density at radius 1 is 0.658 bits per heavy atom. The van der Waals surface area contributed by atoms with Crippen LogP contribution in [0.15, 0.2) is 73.6 Å². The van der Waals surface area contributed by atoms with Gasteiger partial charge in [-0.25, -0.2) is 38.3 Å². The number of anilines is 3. The fraction of sp³-hybridized carbons (Fsp3) is 0.404. The average molecular weight is 1030 g/mol. The summed E-state index contributed by atoms with van der Waals surface area (Å²) in [6.45, 7) is 6.17. The third-order valence-electron chi connectivity index (χ3n) is 12.2. The number of carbonyl (C=O) groups is 2. The van der Waals surface area contributed by atoms with Gasteiger partial charge in [0.05, 0.1) is 52.6 Å². The van der Waals surface area contributed by atoms with Gasteiger partial charge in [0, 0.05) is 38.2 Å². The van der Waals surface area contributed by atoms with Crippen LogP contribution in [0.2, 0.25) is 0 Å². The molecule has 2 amide bonds. The van der Waals surface area contributed by atoms with E-state index in [1.54, 1.807) is 21.5 Å². The standard InChI is InChI=1S/C23H22F4N6O2.C14H14F3N3.C9H9F2N3O2.CH4.B/c1-12(24)18-10-35-22(34)33(18)19-7-8-28-21(31-19)30-13(2)20-16-6-4-14-3-5-15(23(25,26)27)9-17(14)32(16)11-29-20;1-8(18)13-11-5-3-9-2-4-10(14(15,16)17)6-12(9)20(11)7-19-13;1-5(10)6-4-16-9(15)14(6)7-2-3-12-8(11)13-7;;/h3,5,7-9,11-13,18H,4,6,10H2,1-2H3,(H,28,30,31);2,4,6-8H,3,5,18H2,1H3;2-3,5-6H,4H2,1H3;1H4;/t12-,13-,18+;8-;5-,6+;;/m000../s1. The predicted octanol–water partition coefficient (Wildman–Crippen LogP) is 9.20. The van der Waals surface area contributed by atoms with Gasteiger partial charge >= 0.3 is 30.6 Å². The van der Waals surface area contributed by atoms with Crippen molar-refractivity contribution in [2.75, 3.05) is 28.3 Å². The lowest BCUT2D eigenvalue weighted by atomic mass is 9.97. The molecule has 0 bridgehead atoms. The van der Waals surface area contributed by atoms with Gasteiger partial charge in [-0.2, -0.15) is 40.7 Å². The highest BCUT2D eigenvalue weighted by Crippen LogP contribution is 2.37. The highest BCUT2D eigenvalue weighted by atomic mass is 19.4. The van der Waals surface area contributed by atoms with E-state index in [2.05, 4.69) is 35.2 Å². The smallest absolute Gasteiger partial charge is 0.416 e. The Hall–Kier alpha value is -7.25. The van der Waals surface area contributed by atoms with Crippen molar-refractivity contribution in [1.29, 1.82) is 0 Å². The van der Waals surface area contributed by atoms with Crippen molar-refractivity contribution in [3.05, 3.63) is 125 Å². The van der Waals surface area contributed by atoms with Crippen LogP contribution < -0.4 is 20.9 Å². The SMILES string of the molecule is C.C[C@H](F)[C@H]1COC(=O)N1c1ccnc(F)n1.C[C@H](N)c1ncn2c1CCc1ccc(C(F)(F)F)cc1-2.C[C@H](Nc1nccc(N2C(=O)OC[C@@H]2[C@H](C)F)n1)c1ncn2c1CCc1ccc(C(F)(F)F)cc1-2.[B]. The molecule has 6 aromatic rings. The van der Waals surface area contributed by atoms with E-state index in [0.29, 0.717) is 36.3 Å². The lowest BCUT2D eigenvalue weighted by molar-refractivity contribution is -0.138. The molecule has 4 aromatic heterocycles. The average Bonchev–Trinajstić information content (AvgIpc) is 4.13. The third-order valence-corrected chi connectivity index (χ3v) is 12.2. The van der Waals surface area contributed by atoms with Crippen LogP contribution in [0.4, 0.5) is 66.7 Å². The number of fused-ring (bicyclic) bond motifs is 6. The van der Waals surface area contributed by atoms with Crippen LogP contribution in [-0.4, -0.2) is 97.3 Å². The second-order valence-electron chi connectivity index (χ2n) is 17.0. The van der Waals surface area contributed by atoms with Gasteiger partial charge in [0.1, 0.15) is 49.3 Å². The topological polar surface area (TPSA) is 184 Å². The molecular weight excluding hydrogens is 978 g/mol. The molecule has 4 aliphatic heterocycles. The molecule has 3 N–H and O–H groups in total. The van der Waals surface area contributed by atoms with E-state index in [0.717, 1.165) is 68.8 Å². The Kier molecular flexibility index (Phi) is 16.5. The molecule has 4 aliphatic rings. The summed E-state index contributed by atoms with van der Waals surface area (Å²) in [6.07, 6.45) is -5.43. The van der Waals surface area contributed by atoms with Gasteiger partial charge in [0.25, 0.3) is 0 Å². The lowest BCUT2D eigenvalue weighted by Crippen LogP contribution is -2.39. The number of imidazole rings is 2. The molecule has 73 heavy (non-hydrogen) atoms. The van der Waals surface area contributed by atoms with E-state index < -0.39 is 72.2 Å². The molecule has 0 saturated carbocycles. The summed E-state index contributed by atoms with van der Waals surface area (Å²) in [5, 5.41) is 3.13. The number of benzene rings is 2. The van der Waals surface area contributed by atoms with Crippen LogP contribution in [-0.2, 0) is 47.5 Å². The first-order chi connectivity index (χ1) is 33.6. The maximum absolute atomic E-state index is 14.0. The molecule has 2 saturated heterocycles. The Morgan fingerprint density at radius 3 is 1.56 bits per heavy atom. The molecule has 2 fully saturated rings. The number of cyclic esters (lactones) is 2. The number of amides is 2. The number of ether oxygens (including phenoxy) is 2. The molecule has 8 heterocycles. The minimum Gasteiger partial charge on any atom is -0.447 e. The van der Waals surface area contributed by atoms with E-state index in [4.69, 9.17) is 15.2 Å². The van der Waals surface area contributed by atoms with Crippen LogP contribution in [0.25, 0.3) is 11.4 Å². The zero-order valence-electron chi connectivity index (χ0n) is 38.8. The van der Waals surface area contributed by atoms with Crippen molar-refractivity contribution >= 4 is 38.2 Å². The summed E-state index contributed by atoms with van der Waals surface area (Å²) in [4.78, 5) is 49.6. The van der Waals surface area contributed by atoms with Crippen molar-refractivity contribution in [3.63, 3.8) is 0 Å². The molecule has 0 spiro atoms. The molecule has 0 aliphatic carbocycles. The maximum Gasteiger partial charge on any atom is 0.416 e. The van der Waals surface area contributed by atoms with Gasteiger partial charge in [-0.15, -0.1) is 0 Å². The number of carbonyl (C=O) groups excluding carboxylic acids is 2. The Labute approximate surface area is 414 Å². The minimum atomic E-state index is -4.44. The second kappa shape index (κ2) is 21.9. The quantitative estimate of drug-likeness (QED) is 0.0839. The molecule has 10 rings (SSSR count). The Balaban J connectivity index is 0.000000194. The van der Waals surface area contributed by atoms with Gasteiger partial charge in [-0.05, 0) is 101 Å². The number of nitrogens with zero attached hydrogens (tertiary/aromatic N) is 10. The number of rotatable bonds is 8. The fourth-order valence-electron chi connectivity index (χ4n) is 8.64. The van der Waals surface area contributed by atoms with E-state index in [9.17, 15) is 49.1 Å². The van der Waals surface area contributed by atoms with Crippen LogP contribution in [0.5, 0.6) is 0 Å². The number of nitrogens with two attached hydrogens (primary N) is 1. The van der Waals surface area contributed by atoms with Gasteiger partial charge in [-0.3, -0.25) is 9.80 Å². The summed E-state index contributed by atoms with van der Waals surface area (Å²) in [7, 11) is 0. The highest BCUT2D eigenvalue weighted by molar-refractivity contribution is 5.90. The van der Waals surface area contributed by atoms with Crippen LogP contribution in [0.3, 0.4) is 0 Å². The number of aryl methyl sites for hydroxylation is 2. The summed E-state index contributed by atoms with van der Waals surface area (Å²) in [6, 6.07) is 8.25. The molecule has 3 radical (unpaired) electrons. The zero-order valence-corrected chi connectivity index (χ0v) is 38.8. The summed E-state index contributed by atoms with van der Waals surface area (Å²) >= 11 is 0. The lowest BCUT2D eigenvalue weighted by Gasteiger charge is -2.23. The fourth-order valence-corrected chi connectivity index (χ4v) is 8.64. The third kappa shape index (κ3) is 11.5. The van der Waals surface area contributed by atoms with E-state index in [1.807, 2.05) is 13.8 Å². The largest absolute Gasteiger partial charge is 0.447 e. The van der Waals surface area contributed by atoms with E-state index >= 15 is 0 Å². The molecular formula is C47H49BF9N12O4. The molecule has 2 aromatic carbocycles. The van der Waals surface area contributed by atoms with E-state index in [-0.39, 0.29) is 52.7 Å². The summed E-state index contributed by atoms with van der Waals surface area (Å²) in [5.41, 5.74) is 10.3. The van der Waals surface area contributed by atoms with Crippen molar-refractivity contribution < 1.29 is 58.6 Å². The summed E-state index contributed by atoms with van der Waals surface area (Å²) in [5.74, 6) is 0.397. The van der Waals surface area contributed by atoms with Gasteiger partial charge in [0.15, 0.2) is 0 Å². The second-order valence-corrected chi connectivity index (χ2v) is 17.0. The van der Waals surface area contributed by atoms with E-state index in [1.165, 1.54) is 50.6 Å². The van der Waals surface area contributed by atoms with Gasteiger partial charge in [0.2, 0.25) is 5.95 Å². The van der Waals surface area contributed by atoms with Gasteiger partial charge < -0.3 is 29.7 Å². The number of halogens is 9. The molecule has 16 nitrogen and oxygen atoms in total. The number of hydrogen-bond donors (Lipinski definition) is 2. The number of aromatic nitrogens is 8. The molecule has 0 unspecified atom stereocenters. The van der Waals surface area contributed by atoms with Gasteiger partial charge in [-0.1, -0.05) is 19.6 Å². The molecule has 387 valence electrons. The number of nitrogens with one attached hydrogen (secondary N) is 1. The Morgan fingerprint density at radius 2 is 1.11 bits per heavy atom. The number of alkyl halides is 8. The molecule has 26 heteroatoms. The first-order valence-corrected chi connectivity index (χ1v) is 22.2. The maximum atomic E-state index is 14.0. The van der Waals surface area contributed by atoms with Crippen LogP contribution >= 0.6 is 0 Å². The Bertz CT molecular complexity index is 2930. The first-order valence-electron chi connectivity index (χ1n) is 22.2. The number of hydrogen-bond acceptors (Lipinski definition) is 12. The monoisotopic (exact) mass is 1030 g/mol. The van der Waals surface area contributed by atoms with Crippen LogP contribution in [0.1, 0.15) is 92.2 Å². The van der Waals surface area contributed by atoms with Crippen LogP contribution in [0, 0.1) is 6.08 Å². The van der Waals surface area contributed by atoms with Crippen molar-refractivity contribution in [3.8, 4) is 11.4 Å². The summed E-state index contributed by atoms with van der Waals surface area (Å²) < 4.78 is 131. The highest BCUT2D eigenvalue weighted by Gasteiger charge is 2.41. The van der Waals surface area contributed by atoms with Crippen molar-refractivity contribution in [1.82, 2.24) is 39.0 Å². The minimum absolute atomic E-state index is 0. The van der Waals surface area contributed by atoms with Crippen molar-refractivity contribution in [2.45, 2.75) is 110 Å². The zero-order chi connectivity index (χ0) is 51.1. The predicted molar refractivity (Wildman–Crippen MR) is 249 cm³/mol. The molecule has 6 atom stereocenters. The van der Waals surface area contributed by atoms with Crippen molar-refractivity contribution in [2.24, 2.45) is 5.73 Å². The normalized spacial score (nSPS) is 18.3. The first kappa shape index (κ1) is 55.1.